The average Bonchev–Trinajstić information content (AvgIpc) is 2.80. The van der Waals surface area contributed by atoms with Crippen LogP contribution in [-0.4, -0.2) is 31.0 Å². The van der Waals surface area contributed by atoms with Crippen molar-refractivity contribution in [2.75, 3.05) is 13.1 Å². The molecule has 1 aliphatic carbocycles. The number of alkyl halides is 2. The first-order chi connectivity index (χ1) is 7.00. The molecule has 0 bridgehead atoms. The minimum Gasteiger partial charge on any atom is -0.353 e. The monoisotopic (exact) mass is 218 g/mol. The van der Waals surface area contributed by atoms with Crippen molar-refractivity contribution in [3.05, 3.63) is 0 Å². The molecule has 2 aliphatic rings. The molecule has 86 valence electrons. The number of carbonyl (C=O) groups is 1. The van der Waals surface area contributed by atoms with Gasteiger partial charge in [-0.05, 0) is 25.3 Å². The summed E-state index contributed by atoms with van der Waals surface area (Å²) >= 11 is 0. The van der Waals surface area contributed by atoms with Crippen molar-refractivity contribution in [2.45, 2.75) is 31.7 Å². The number of hydrogen-bond donors (Lipinski definition) is 2. The Morgan fingerprint density at radius 3 is 2.73 bits per heavy atom. The van der Waals surface area contributed by atoms with E-state index in [0.717, 1.165) is 6.42 Å². The predicted octanol–water partition coefficient (Wildman–Crippen LogP) is 0.756. The van der Waals surface area contributed by atoms with Gasteiger partial charge in [0.05, 0.1) is 6.54 Å². The quantitative estimate of drug-likeness (QED) is 0.718. The summed E-state index contributed by atoms with van der Waals surface area (Å²) in [5, 5.41) is 5.29. The number of carbonyl (C=O) groups excluding carboxylic acids is 1. The van der Waals surface area contributed by atoms with Gasteiger partial charge < -0.3 is 10.6 Å². The maximum atomic E-state index is 13.4. The zero-order valence-corrected chi connectivity index (χ0v) is 8.72. The molecule has 2 N–H and O–H groups in total. The van der Waals surface area contributed by atoms with Gasteiger partial charge in [0.2, 0.25) is 5.91 Å². The Hall–Kier alpha value is -0.710. The van der Waals surface area contributed by atoms with Gasteiger partial charge in [0.1, 0.15) is 5.92 Å². The lowest BCUT2D eigenvalue weighted by Crippen LogP contribution is -2.52. The van der Waals surface area contributed by atoms with Crippen LogP contribution in [0, 0.1) is 11.8 Å². The highest BCUT2D eigenvalue weighted by Gasteiger charge is 2.47. The van der Waals surface area contributed by atoms with Gasteiger partial charge in [0, 0.05) is 6.04 Å². The lowest BCUT2D eigenvalue weighted by atomic mass is 9.93. The van der Waals surface area contributed by atoms with E-state index in [1.807, 2.05) is 6.92 Å². The number of halogens is 2. The maximum absolute atomic E-state index is 13.4. The Morgan fingerprint density at radius 2 is 2.20 bits per heavy atom. The van der Waals surface area contributed by atoms with E-state index < -0.39 is 17.7 Å². The van der Waals surface area contributed by atoms with Crippen LogP contribution in [0.15, 0.2) is 0 Å². The topological polar surface area (TPSA) is 41.1 Å². The molecule has 2 fully saturated rings. The third-order valence-corrected chi connectivity index (χ3v) is 3.23. The van der Waals surface area contributed by atoms with Crippen molar-refractivity contribution < 1.29 is 13.6 Å². The van der Waals surface area contributed by atoms with Crippen LogP contribution in [0.5, 0.6) is 0 Å². The lowest BCUT2D eigenvalue weighted by Gasteiger charge is -2.30. The molecule has 0 spiro atoms. The highest BCUT2D eigenvalue weighted by molar-refractivity contribution is 5.80. The molecule has 3 unspecified atom stereocenters. The molecule has 2 rings (SSSR count). The summed E-state index contributed by atoms with van der Waals surface area (Å²) in [5.74, 6) is -4.08. The SMILES string of the molecule is CC1CC1NC(=O)C1CCNCC1(F)F. The summed E-state index contributed by atoms with van der Waals surface area (Å²) in [6.45, 7) is 2.12. The van der Waals surface area contributed by atoms with Crippen LogP contribution in [-0.2, 0) is 4.79 Å². The molecular formula is C10H16F2N2O. The molecule has 1 saturated heterocycles. The van der Waals surface area contributed by atoms with Gasteiger partial charge in [0.25, 0.3) is 5.92 Å². The van der Waals surface area contributed by atoms with E-state index in [0.29, 0.717) is 12.5 Å². The maximum Gasteiger partial charge on any atom is 0.271 e. The van der Waals surface area contributed by atoms with Gasteiger partial charge >= 0.3 is 0 Å². The van der Waals surface area contributed by atoms with Gasteiger partial charge in [-0.1, -0.05) is 6.92 Å². The molecule has 1 amide bonds. The molecule has 5 heteroatoms. The number of piperidine rings is 1. The van der Waals surface area contributed by atoms with E-state index in [1.54, 1.807) is 0 Å². The summed E-state index contributed by atoms with van der Waals surface area (Å²) in [4.78, 5) is 11.6. The van der Waals surface area contributed by atoms with E-state index in [1.165, 1.54) is 0 Å². The molecule has 1 heterocycles. The minimum atomic E-state index is -2.90. The fourth-order valence-electron chi connectivity index (χ4n) is 1.97. The molecule has 0 aromatic rings. The second kappa shape index (κ2) is 3.70. The van der Waals surface area contributed by atoms with Crippen molar-refractivity contribution >= 4 is 5.91 Å². The third-order valence-electron chi connectivity index (χ3n) is 3.23. The van der Waals surface area contributed by atoms with Gasteiger partial charge in [-0.2, -0.15) is 0 Å². The number of rotatable bonds is 2. The Bertz CT molecular complexity index is 270. The van der Waals surface area contributed by atoms with Crippen LogP contribution in [0.25, 0.3) is 0 Å². The molecule has 0 aromatic carbocycles. The first-order valence-electron chi connectivity index (χ1n) is 5.39. The molecule has 3 atom stereocenters. The van der Waals surface area contributed by atoms with Crippen molar-refractivity contribution in [3.63, 3.8) is 0 Å². The number of amides is 1. The highest BCUT2D eigenvalue weighted by Crippen LogP contribution is 2.33. The molecule has 1 saturated carbocycles. The summed E-state index contributed by atoms with van der Waals surface area (Å²) in [7, 11) is 0. The largest absolute Gasteiger partial charge is 0.353 e. The van der Waals surface area contributed by atoms with Crippen LogP contribution in [0.4, 0.5) is 8.78 Å². The van der Waals surface area contributed by atoms with Crippen molar-refractivity contribution in [2.24, 2.45) is 11.8 Å². The Morgan fingerprint density at radius 1 is 1.53 bits per heavy atom. The number of nitrogens with one attached hydrogen (secondary N) is 2. The Labute approximate surface area is 87.6 Å². The summed E-state index contributed by atoms with van der Waals surface area (Å²) in [5.41, 5.74) is 0. The van der Waals surface area contributed by atoms with Crippen molar-refractivity contribution in [3.8, 4) is 0 Å². The van der Waals surface area contributed by atoms with E-state index in [2.05, 4.69) is 10.6 Å². The third kappa shape index (κ3) is 2.27. The predicted molar refractivity (Wildman–Crippen MR) is 51.6 cm³/mol. The van der Waals surface area contributed by atoms with Crippen LogP contribution >= 0.6 is 0 Å². The van der Waals surface area contributed by atoms with Crippen LogP contribution in [0.3, 0.4) is 0 Å². The molecule has 0 radical (unpaired) electrons. The molecule has 15 heavy (non-hydrogen) atoms. The van der Waals surface area contributed by atoms with E-state index in [-0.39, 0.29) is 19.0 Å². The molecule has 3 nitrogen and oxygen atoms in total. The Balaban J connectivity index is 1.92. The van der Waals surface area contributed by atoms with Crippen LogP contribution in [0.2, 0.25) is 0 Å². The van der Waals surface area contributed by atoms with Crippen LogP contribution in [0.1, 0.15) is 19.8 Å². The van der Waals surface area contributed by atoms with Gasteiger partial charge in [-0.3, -0.25) is 4.79 Å². The highest BCUT2D eigenvalue weighted by atomic mass is 19.3. The van der Waals surface area contributed by atoms with E-state index >= 15 is 0 Å². The standard InChI is InChI=1S/C10H16F2N2O/c1-6-4-8(6)14-9(15)7-2-3-13-5-10(7,11)12/h6-8,13H,2-5H2,1H3,(H,14,15). The first-order valence-corrected chi connectivity index (χ1v) is 5.39. The second-order valence-corrected chi connectivity index (χ2v) is 4.61. The van der Waals surface area contributed by atoms with Crippen molar-refractivity contribution in [1.82, 2.24) is 10.6 Å². The summed E-state index contributed by atoms with van der Waals surface area (Å²) in [6.07, 6.45) is 1.14. The molecular weight excluding hydrogens is 202 g/mol. The van der Waals surface area contributed by atoms with Gasteiger partial charge in [0.15, 0.2) is 0 Å². The van der Waals surface area contributed by atoms with E-state index in [4.69, 9.17) is 0 Å². The minimum absolute atomic E-state index is 0.128. The lowest BCUT2D eigenvalue weighted by molar-refractivity contribution is -0.143. The molecule has 0 aromatic heterocycles. The fraction of sp³-hybridized carbons (Fsp3) is 0.900. The first kappa shape index (κ1) is 10.8. The Kier molecular flexibility index (Phi) is 2.66. The molecule has 1 aliphatic heterocycles. The second-order valence-electron chi connectivity index (χ2n) is 4.61. The zero-order valence-electron chi connectivity index (χ0n) is 8.72. The summed E-state index contributed by atoms with van der Waals surface area (Å²) < 4.78 is 26.7. The average molecular weight is 218 g/mol. The van der Waals surface area contributed by atoms with Gasteiger partial charge in [-0.15, -0.1) is 0 Å². The summed E-state index contributed by atoms with van der Waals surface area (Å²) in [6, 6.07) is 0.128. The van der Waals surface area contributed by atoms with Crippen molar-refractivity contribution in [1.29, 1.82) is 0 Å². The number of hydrogen-bond acceptors (Lipinski definition) is 2. The zero-order chi connectivity index (χ0) is 11.1. The van der Waals surface area contributed by atoms with Crippen LogP contribution < -0.4 is 10.6 Å². The van der Waals surface area contributed by atoms with Gasteiger partial charge in [-0.25, -0.2) is 8.78 Å². The fourth-order valence-corrected chi connectivity index (χ4v) is 1.97. The normalized spacial score (nSPS) is 38.5. The van der Waals surface area contributed by atoms with E-state index in [9.17, 15) is 13.6 Å². The smallest absolute Gasteiger partial charge is 0.271 e.